The van der Waals surface area contributed by atoms with Gasteiger partial charge in [0.15, 0.2) is 5.75 Å². The van der Waals surface area contributed by atoms with E-state index >= 15 is 0 Å². The third-order valence-corrected chi connectivity index (χ3v) is 2.75. The zero-order chi connectivity index (χ0) is 13.2. The van der Waals surface area contributed by atoms with Crippen LogP contribution in [0.25, 0.3) is 0 Å². The van der Waals surface area contributed by atoms with Crippen LogP contribution < -0.4 is 11.3 Å². The van der Waals surface area contributed by atoms with Gasteiger partial charge in [-0.25, -0.2) is 0 Å². The van der Waals surface area contributed by atoms with Crippen molar-refractivity contribution in [2.24, 2.45) is 5.73 Å². The molecule has 1 aromatic heterocycles. The lowest BCUT2D eigenvalue weighted by atomic mass is 10.2. The van der Waals surface area contributed by atoms with Gasteiger partial charge in [-0.05, 0) is 13.8 Å². The number of aromatic hydroxyl groups is 1. The van der Waals surface area contributed by atoms with Crippen LogP contribution in [0.2, 0.25) is 5.02 Å². The van der Waals surface area contributed by atoms with Crippen LogP contribution in [0.3, 0.4) is 0 Å². The van der Waals surface area contributed by atoms with E-state index in [2.05, 4.69) is 0 Å². The summed E-state index contributed by atoms with van der Waals surface area (Å²) in [5.74, 6) is -1.62. The second kappa shape index (κ2) is 5.20. The highest BCUT2D eigenvalue weighted by atomic mass is 35.5. The van der Waals surface area contributed by atoms with Gasteiger partial charge in [-0.3, -0.25) is 14.2 Å². The molecule has 1 rings (SSSR count). The fourth-order valence-electron chi connectivity index (χ4n) is 1.35. The van der Waals surface area contributed by atoms with E-state index in [0.717, 1.165) is 4.57 Å². The summed E-state index contributed by atoms with van der Waals surface area (Å²) in [7, 11) is 0. The molecule has 0 bridgehead atoms. The Morgan fingerprint density at radius 1 is 1.59 bits per heavy atom. The van der Waals surface area contributed by atoms with Gasteiger partial charge in [0.1, 0.15) is 17.3 Å². The number of hydrogen-bond acceptors (Lipinski definition) is 4. The van der Waals surface area contributed by atoms with Crippen molar-refractivity contribution < 1.29 is 14.6 Å². The highest BCUT2D eigenvalue weighted by molar-refractivity contribution is 6.33. The average Bonchev–Trinajstić information content (AvgIpc) is 2.26. The Morgan fingerprint density at radius 2 is 2.18 bits per heavy atom. The molecule has 0 aromatic carbocycles. The molecule has 0 radical (unpaired) electrons. The monoisotopic (exact) mass is 260 g/mol. The number of hydrogen-bond donors (Lipinski definition) is 2. The van der Waals surface area contributed by atoms with Gasteiger partial charge < -0.3 is 15.6 Å². The van der Waals surface area contributed by atoms with Crippen molar-refractivity contribution in [1.29, 1.82) is 0 Å². The number of nitrogens with zero attached hydrogens (tertiary/aromatic N) is 1. The normalized spacial score (nSPS) is 10.5. The number of halogens is 1. The number of aromatic nitrogens is 1. The van der Waals surface area contributed by atoms with Crippen LogP contribution in [-0.4, -0.2) is 22.2 Å². The van der Waals surface area contributed by atoms with Crippen LogP contribution in [-0.2, 0) is 11.5 Å². The van der Waals surface area contributed by atoms with Crippen LogP contribution in [0.5, 0.6) is 5.75 Å². The summed E-state index contributed by atoms with van der Waals surface area (Å²) in [6.07, 6.45) is 0. The van der Waals surface area contributed by atoms with Crippen LogP contribution in [0, 0.1) is 6.92 Å². The van der Waals surface area contributed by atoms with Gasteiger partial charge in [-0.2, -0.15) is 0 Å². The Balaban J connectivity index is 3.51. The SMILES string of the molecule is CCOCn1c(C)c(Cl)c(O)c(C(N)=O)c1=O. The third-order valence-electron chi connectivity index (χ3n) is 2.30. The summed E-state index contributed by atoms with van der Waals surface area (Å²) in [6.45, 7) is 3.64. The lowest BCUT2D eigenvalue weighted by Crippen LogP contribution is -2.32. The van der Waals surface area contributed by atoms with Crippen molar-refractivity contribution >= 4 is 17.5 Å². The predicted molar refractivity (Wildman–Crippen MR) is 62.3 cm³/mol. The molecule has 0 atom stereocenters. The summed E-state index contributed by atoms with van der Waals surface area (Å²) >= 11 is 5.81. The first kappa shape index (κ1) is 13.5. The Hall–Kier alpha value is -1.53. The number of carbonyl (C=O) groups excluding carboxylic acids is 1. The zero-order valence-corrected chi connectivity index (χ0v) is 10.2. The van der Waals surface area contributed by atoms with Gasteiger partial charge in [0.25, 0.3) is 11.5 Å². The van der Waals surface area contributed by atoms with Crippen molar-refractivity contribution in [2.75, 3.05) is 6.61 Å². The second-order valence-electron chi connectivity index (χ2n) is 3.34. The van der Waals surface area contributed by atoms with E-state index in [0.29, 0.717) is 12.3 Å². The van der Waals surface area contributed by atoms with Crippen molar-refractivity contribution in [3.63, 3.8) is 0 Å². The van der Waals surface area contributed by atoms with Crippen LogP contribution in [0.1, 0.15) is 23.0 Å². The Bertz CT molecular complexity index is 510. The summed E-state index contributed by atoms with van der Waals surface area (Å²) < 4.78 is 6.23. The lowest BCUT2D eigenvalue weighted by molar-refractivity contribution is 0.0830. The molecular formula is C10H13ClN2O4. The van der Waals surface area contributed by atoms with Gasteiger partial charge in [0.2, 0.25) is 0 Å². The van der Waals surface area contributed by atoms with Crippen molar-refractivity contribution in [2.45, 2.75) is 20.6 Å². The molecule has 0 unspecified atom stereocenters. The topological polar surface area (TPSA) is 94.5 Å². The molecule has 7 heteroatoms. The maximum Gasteiger partial charge on any atom is 0.269 e. The van der Waals surface area contributed by atoms with E-state index in [4.69, 9.17) is 22.1 Å². The van der Waals surface area contributed by atoms with Crippen LogP contribution in [0.4, 0.5) is 0 Å². The Kier molecular flexibility index (Phi) is 4.14. The molecule has 1 amide bonds. The molecule has 0 fully saturated rings. The van der Waals surface area contributed by atoms with Crippen molar-refractivity contribution in [3.8, 4) is 5.75 Å². The summed E-state index contributed by atoms with van der Waals surface area (Å²) in [5, 5.41) is 9.51. The molecule has 0 spiro atoms. The largest absolute Gasteiger partial charge is 0.505 e. The summed E-state index contributed by atoms with van der Waals surface area (Å²) in [6, 6.07) is 0. The fraction of sp³-hybridized carbons (Fsp3) is 0.400. The molecule has 0 saturated carbocycles. The number of amides is 1. The zero-order valence-electron chi connectivity index (χ0n) is 9.49. The van der Waals surface area contributed by atoms with Crippen LogP contribution >= 0.6 is 11.6 Å². The standard InChI is InChI=1S/C10H13ClN2O4/c1-3-17-4-13-5(2)7(11)8(14)6(9(12)15)10(13)16/h14H,3-4H2,1-2H3,(H2,12,15). The minimum Gasteiger partial charge on any atom is -0.505 e. The Morgan fingerprint density at radius 3 is 2.65 bits per heavy atom. The van der Waals surface area contributed by atoms with E-state index in [9.17, 15) is 14.7 Å². The van der Waals surface area contributed by atoms with Gasteiger partial charge in [-0.1, -0.05) is 11.6 Å². The second-order valence-corrected chi connectivity index (χ2v) is 3.72. The number of pyridine rings is 1. The molecule has 1 heterocycles. The average molecular weight is 261 g/mol. The van der Waals surface area contributed by atoms with Gasteiger partial charge in [0.05, 0.1) is 0 Å². The van der Waals surface area contributed by atoms with E-state index < -0.39 is 22.8 Å². The van der Waals surface area contributed by atoms with Gasteiger partial charge >= 0.3 is 0 Å². The molecule has 0 saturated heterocycles. The van der Waals surface area contributed by atoms with Crippen molar-refractivity contribution in [1.82, 2.24) is 4.57 Å². The van der Waals surface area contributed by atoms with Crippen molar-refractivity contribution in [3.05, 3.63) is 26.6 Å². The molecule has 3 N–H and O–H groups in total. The fourth-order valence-corrected chi connectivity index (χ4v) is 1.54. The molecule has 0 aliphatic carbocycles. The number of carbonyl (C=O) groups is 1. The maximum atomic E-state index is 11.9. The first-order valence-electron chi connectivity index (χ1n) is 4.91. The number of primary amides is 1. The van der Waals surface area contributed by atoms with Gasteiger partial charge in [-0.15, -0.1) is 0 Å². The minimum absolute atomic E-state index is 0.0541. The lowest BCUT2D eigenvalue weighted by Gasteiger charge is -2.14. The molecule has 0 aliphatic rings. The third kappa shape index (κ3) is 2.42. The number of nitrogens with two attached hydrogens (primary N) is 1. The molecule has 17 heavy (non-hydrogen) atoms. The number of ether oxygens (including phenoxy) is 1. The highest BCUT2D eigenvalue weighted by Crippen LogP contribution is 2.27. The number of rotatable bonds is 4. The smallest absolute Gasteiger partial charge is 0.269 e. The molecule has 0 aliphatic heterocycles. The molecule has 94 valence electrons. The Labute approximate surface area is 103 Å². The maximum absolute atomic E-state index is 11.9. The highest BCUT2D eigenvalue weighted by Gasteiger charge is 2.21. The van der Waals surface area contributed by atoms with E-state index in [1.54, 1.807) is 6.92 Å². The molecular weight excluding hydrogens is 248 g/mol. The minimum atomic E-state index is -1.03. The van der Waals surface area contributed by atoms with Gasteiger partial charge in [0, 0.05) is 12.3 Å². The molecule has 6 nitrogen and oxygen atoms in total. The first-order valence-corrected chi connectivity index (χ1v) is 5.29. The van der Waals surface area contributed by atoms with E-state index in [1.807, 2.05) is 0 Å². The molecule has 1 aromatic rings. The first-order chi connectivity index (χ1) is 7.91. The van der Waals surface area contributed by atoms with E-state index in [1.165, 1.54) is 6.92 Å². The van der Waals surface area contributed by atoms with Crippen LogP contribution in [0.15, 0.2) is 4.79 Å². The summed E-state index contributed by atoms with van der Waals surface area (Å²) in [4.78, 5) is 23.0. The predicted octanol–water partition coefficient (Wildman–Crippen LogP) is 0.609. The van der Waals surface area contributed by atoms with E-state index in [-0.39, 0.29) is 11.8 Å². The quantitative estimate of drug-likeness (QED) is 0.829. The summed E-state index contributed by atoms with van der Waals surface area (Å²) in [5.41, 5.74) is 4.09.